The van der Waals surface area contributed by atoms with Crippen molar-refractivity contribution in [2.45, 2.75) is 13.8 Å². The van der Waals surface area contributed by atoms with E-state index in [2.05, 4.69) is 15.3 Å². The predicted molar refractivity (Wildman–Crippen MR) is 37.2 cm³/mol. The molecule has 0 aliphatic rings. The highest BCUT2D eigenvalue weighted by molar-refractivity contribution is 5.94. The maximum atomic E-state index is 10.3. The quantitative estimate of drug-likeness (QED) is 0.220. The van der Waals surface area contributed by atoms with E-state index in [4.69, 9.17) is 5.73 Å². The molecule has 11 heavy (non-hydrogen) atoms. The van der Waals surface area contributed by atoms with E-state index in [0.29, 0.717) is 0 Å². The van der Waals surface area contributed by atoms with Crippen LogP contribution >= 0.6 is 0 Å². The highest BCUT2D eigenvalue weighted by Crippen LogP contribution is 1.75. The van der Waals surface area contributed by atoms with Gasteiger partial charge in [-0.1, -0.05) is 0 Å². The topological polar surface area (TPSA) is 93.8 Å². The number of rotatable bonds is 1. The molecule has 0 spiro atoms. The average molecular weight is 159 g/mol. The van der Waals surface area contributed by atoms with Crippen molar-refractivity contribution < 1.29 is 14.4 Å². The minimum absolute atomic E-state index is 0.243. The van der Waals surface area contributed by atoms with Gasteiger partial charge in [-0.2, -0.15) is 0 Å². The van der Waals surface area contributed by atoms with Crippen LogP contribution in [-0.2, 0) is 14.4 Å². The van der Waals surface area contributed by atoms with Crippen LogP contribution < -0.4 is 11.1 Å². The van der Waals surface area contributed by atoms with Crippen LogP contribution in [-0.4, -0.2) is 17.8 Å². The van der Waals surface area contributed by atoms with E-state index in [1.54, 1.807) is 0 Å². The van der Waals surface area contributed by atoms with Crippen molar-refractivity contribution in [1.29, 1.82) is 0 Å². The molecular weight excluding hydrogens is 150 g/mol. The summed E-state index contributed by atoms with van der Waals surface area (Å²) in [6, 6.07) is 0. The first-order valence-electron chi connectivity index (χ1n) is 2.81. The van der Waals surface area contributed by atoms with E-state index >= 15 is 0 Å². The number of nitrogens with zero attached hydrogens (tertiary/aromatic N) is 1. The van der Waals surface area contributed by atoms with Crippen LogP contribution in [0.15, 0.2) is 5.16 Å². The second-order valence-electron chi connectivity index (χ2n) is 1.74. The minimum Gasteiger partial charge on any atom is -0.367 e. The van der Waals surface area contributed by atoms with E-state index in [9.17, 15) is 9.59 Å². The maximum absolute atomic E-state index is 10.3. The van der Waals surface area contributed by atoms with Gasteiger partial charge >= 0.3 is 5.97 Å². The van der Waals surface area contributed by atoms with Crippen molar-refractivity contribution in [3.05, 3.63) is 0 Å². The highest BCUT2D eigenvalue weighted by atomic mass is 16.7. The molecule has 0 saturated heterocycles. The van der Waals surface area contributed by atoms with Crippen LogP contribution in [0, 0.1) is 0 Å². The molecular formula is C5H9N3O3. The Balaban J connectivity index is 3.81. The van der Waals surface area contributed by atoms with Gasteiger partial charge in [0.2, 0.25) is 11.9 Å². The number of carbonyl (C=O) groups is 2. The lowest BCUT2D eigenvalue weighted by molar-refractivity contribution is -0.141. The summed E-state index contributed by atoms with van der Waals surface area (Å²) >= 11 is 0. The molecule has 0 aromatic rings. The molecule has 3 N–H and O–H groups in total. The zero-order valence-electron chi connectivity index (χ0n) is 6.25. The van der Waals surface area contributed by atoms with Crippen molar-refractivity contribution in [1.82, 2.24) is 5.32 Å². The first-order valence-corrected chi connectivity index (χ1v) is 2.81. The molecule has 6 heteroatoms. The van der Waals surface area contributed by atoms with Gasteiger partial charge in [-0.3, -0.25) is 10.1 Å². The minimum atomic E-state index is -0.599. The first-order chi connectivity index (χ1) is 5.02. The molecule has 62 valence electrons. The van der Waals surface area contributed by atoms with Gasteiger partial charge in [0.05, 0.1) is 0 Å². The molecule has 0 heterocycles. The van der Waals surface area contributed by atoms with Crippen LogP contribution in [0.4, 0.5) is 0 Å². The standard InChI is InChI=1S/C5H9N3O3/c1-3(9)7-5(6)8-11-4(2)10/h1-2H3,(H3,6,7,8,9). The van der Waals surface area contributed by atoms with Gasteiger partial charge in [0, 0.05) is 13.8 Å². The molecule has 0 unspecified atom stereocenters. The van der Waals surface area contributed by atoms with Gasteiger partial charge in [-0.15, -0.1) is 0 Å². The number of nitrogens with two attached hydrogens (primary N) is 1. The maximum Gasteiger partial charge on any atom is 0.332 e. The monoisotopic (exact) mass is 159 g/mol. The third kappa shape index (κ3) is 6.29. The van der Waals surface area contributed by atoms with Crippen LogP contribution in [0.5, 0.6) is 0 Å². The Bertz CT molecular complexity index is 199. The Hall–Kier alpha value is -1.59. The number of oxime groups is 1. The molecule has 0 atom stereocenters. The summed E-state index contributed by atoms with van der Waals surface area (Å²) in [5, 5.41) is 5.19. The molecule has 0 bridgehead atoms. The first kappa shape index (κ1) is 9.41. The van der Waals surface area contributed by atoms with Gasteiger partial charge in [0.25, 0.3) is 0 Å². The van der Waals surface area contributed by atoms with Crippen molar-refractivity contribution in [3.63, 3.8) is 0 Å². The van der Waals surface area contributed by atoms with Crippen molar-refractivity contribution in [3.8, 4) is 0 Å². The summed E-state index contributed by atoms with van der Waals surface area (Å²) in [5.74, 6) is -1.22. The third-order valence-corrected chi connectivity index (χ3v) is 0.577. The Morgan fingerprint density at radius 1 is 1.45 bits per heavy atom. The summed E-state index contributed by atoms with van der Waals surface area (Å²) in [6.45, 7) is 2.43. The summed E-state index contributed by atoms with van der Waals surface area (Å²) < 4.78 is 0. The Labute approximate surface area is 63.4 Å². The highest BCUT2D eigenvalue weighted by Gasteiger charge is 1.95. The molecule has 0 radical (unpaired) electrons. The lowest BCUT2D eigenvalue weighted by Crippen LogP contribution is -2.35. The summed E-state index contributed by atoms with van der Waals surface area (Å²) in [5.41, 5.74) is 5.06. The third-order valence-electron chi connectivity index (χ3n) is 0.577. The van der Waals surface area contributed by atoms with Crippen LogP contribution in [0.2, 0.25) is 0 Å². The van der Waals surface area contributed by atoms with Crippen LogP contribution in [0.1, 0.15) is 13.8 Å². The molecule has 0 aliphatic heterocycles. The van der Waals surface area contributed by atoms with Crippen LogP contribution in [0.25, 0.3) is 0 Å². The van der Waals surface area contributed by atoms with E-state index in [-0.39, 0.29) is 11.9 Å². The Morgan fingerprint density at radius 2 is 2.00 bits per heavy atom. The fraction of sp³-hybridized carbons (Fsp3) is 0.400. The van der Waals surface area contributed by atoms with Crippen molar-refractivity contribution >= 4 is 17.8 Å². The normalized spacial score (nSPS) is 10.5. The van der Waals surface area contributed by atoms with Gasteiger partial charge in [-0.25, -0.2) is 4.79 Å². The molecule has 0 saturated carbocycles. The Morgan fingerprint density at radius 3 is 2.36 bits per heavy atom. The molecule has 0 aromatic heterocycles. The zero-order chi connectivity index (χ0) is 8.85. The summed E-state index contributed by atoms with van der Waals surface area (Å²) in [4.78, 5) is 24.5. The second kappa shape index (κ2) is 4.26. The SMILES string of the molecule is CC(=O)NC(N)=NOC(C)=O. The molecule has 0 rings (SSSR count). The average Bonchev–Trinajstić information content (AvgIpc) is 1.82. The number of hydrogen-bond donors (Lipinski definition) is 2. The lowest BCUT2D eigenvalue weighted by Gasteiger charge is -1.97. The van der Waals surface area contributed by atoms with E-state index in [0.717, 1.165) is 0 Å². The Kier molecular flexibility index (Phi) is 3.65. The molecule has 0 fully saturated rings. The summed E-state index contributed by atoms with van der Waals surface area (Å²) in [6.07, 6.45) is 0. The fourth-order valence-electron chi connectivity index (χ4n) is 0.317. The number of nitrogens with one attached hydrogen (secondary N) is 1. The molecule has 6 nitrogen and oxygen atoms in total. The molecule has 1 amide bonds. The number of amides is 1. The van der Waals surface area contributed by atoms with Gasteiger partial charge in [0.1, 0.15) is 0 Å². The second-order valence-corrected chi connectivity index (χ2v) is 1.74. The van der Waals surface area contributed by atoms with Gasteiger partial charge < -0.3 is 10.6 Å². The number of carbonyl (C=O) groups excluding carboxylic acids is 2. The smallest absolute Gasteiger partial charge is 0.332 e. The van der Waals surface area contributed by atoms with Crippen molar-refractivity contribution in [2.24, 2.45) is 10.9 Å². The fourth-order valence-corrected chi connectivity index (χ4v) is 0.317. The lowest BCUT2D eigenvalue weighted by atomic mass is 10.7. The van der Waals surface area contributed by atoms with E-state index in [1.165, 1.54) is 13.8 Å². The van der Waals surface area contributed by atoms with E-state index < -0.39 is 5.97 Å². The van der Waals surface area contributed by atoms with Crippen molar-refractivity contribution in [2.75, 3.05) is 0 Å². The molecule has 0 aromatic carbocycles. The number of guanidine groups is 1. The number of hydrogen-bond acceptors (Lipinski definition) is 4. The summed E-state index contributed by atoms with van der Waals surface area (Å²) in [7, 11) is 0. The van der Waals surface area contributed by atoms with Gasteiger partial charge in [0.15, 0.2) is 0 Å². The predicted octanol–water partition coefficient (Wildman–Crippen LogP) is -1.08. The largest absolute Gasteiger partial charge is 0.367 e. The molecule has 0 aliphatic carbocycles. The zero-order valence-corrected chi connectivity index (χ0v) is 6.25. The van der Waals surface area contributed by atoms with Crippen LogP contribution in [0.3, 0.4) is 0 Å². The van der Waals surface area contributed by atoms with Gasteiger partial charge in [-0.05, 0) is 5.16 Å². The van der Waals surface area contributed by atoms with E-state index in [1.807, 2.05) is 0 Å².